The summed E-state index contributed by atoms with van der Waals surface area (Å²) in [6.07, 6.45) is 0. The van der Waals surface area contributed by atoms with Gasteiger partial charge in [0.25, 0.3) is 5.56 Å². The summed E-state index contributed by atoms with van der Waals surface area (Å²) in [6, 6.07) is 5.21. The summed E-state index contributed by atoms with van der Waals surface area (Å²) >= 11 is 5.63. The van der Waals surface area contributed by atoms with Crippen molar-refractivity contribution in [1.29, 1.82) is 5.26 Å². The molecule has 0 saturated carbocycles. The zero-order chi connectivity index (χ0) is 15.7. The molecule has 0 saturated heterocycles. The molecule has 0 unspecified atom stereocenters. The van der Waals surface area contributed by atoms with Crippen molar-refractivity contribution in [2.24, 2.45) is 14.1 Å². The minimum atomic E-state index is -0.774. The predicted octanol–water partition coefficient (Wildman–Crippen LogP) is 1.54. The molecule has 8 heteroatoms. The number of hydrogen-bond donors (Lipinski definition) is 0. The lowest BCUT2D eigenvalue weighted by molar-refractivity contribution is 0.420. The number of nitrogens with zero attached hydrogens (tertiary/aromatic N) is 3. The van der Waals surface area contributed by atoms with Gasteiger partial charge in [-0.25, -0.2) is 9.18 Å². The first-order valence-electron chi connectivity index (χ1n) is 5.69. The summed E-state index contributed by atoms with van der Waals surface area (Å²) in [4.78, 5) is 23.7. The Kier molecular flexibility index (Phi) is 3.82. The lowest BCUT2D eigenvalue weighted by Crippen LogP contribution is -2.38. The van der Waals surface area contributed by atoms with Gasteiger partial charge < -0.3 is 4.74 Å². The highest BCUT2D eigenvalue weighted by Crippen LogP contribution is 2.26. The van der Waals surface area contributed by atoms with E-state index in [4.69, 9.17) is 21.6 Å². The third-order valence-corrected chi connectivity index (χ3v) is 3.12. The molecule has 0 amide bonds. The van der Waals surface area contributed by atoms with Gasteiger partial charge in [0.15, 0.2) is 5.56 Å². The molecule has 2 aromatic rings. The fraction of sp³-hybridized carbons (Fsp3) is 0.154. The third kappa shape index (κ3) is 2.53. The molecular formula is C13H9ClFN3O3. The van der Waals surface area contributed by atoms with E-state index in [1.807, 2.05) is 0 Å². The molecule has 1 aromatic heterocycles. The standard InChI is InChI=1S/C13H9ClFN3O3/c1-17-11(19)8(6-16)12(18(2)13(17)20)21-7-3-4-10(15)9(14)5-7/h3-5H,1-2H3. The van der Waals surface area contributed by atoms with Crippen LogP contribution in [0.5, 0.6) is 11.6 Å². The molecule has 0 fully saturated rings. The SMILES string of the molecule is Cn1c(Oc2ccc(F)c(Cl)c2)c(C#N)c(=O)n(C)c1=O. The molecule has 0 aliphatic rings. The van der Waals surface area contributed by atoms with E-state index in [2.05, 4.69) is 0 Å². The van der Waals surface area contributed by atoms with Crippen molar-refractivity contribution >= 4 is 11.6 Å². The Hall–Kier alpha value is -2.59. The summed E-state index contributed by atoms with van der Waals surface area (Å²) in [6.45, 7) is 0. The van der Waals surface area contributed by atoms with Crippen LogP contribution >= 0.6 is 11.6 Å². The first-order valence-corrected chi connectivity index (χ1v) is 6.07. The molecule has 6 nitrogen and oxygen atoms in total. The second kappa shape index (κ2) is 5.42. The topological polar surface area (TPSA) is 77.0 Å². The Labute approximate surface area is 123 Å². The summed E-state index contributed by atoms with van der Waals surface area (Å²) in [5, 5.41) is 8.89. The summed E-state index contributed by atoms with van der Waals surface area (Å²) in [7, 11) is 2.60. The summed E-state index contributed by atoms with van der Waals surface area (Å²) in [5.41, 5.74) is -1.76. The quantitative estimate of drug-likeness (QED) is 0.843. The largest absolute Gasteiger partial charge is 0.439 e. The third-order valence-electron chi connectivity index (χ3n) is 2.83. The molecule has 0 radical (unpaired) electrons. The monoisotopic (exact) mass is 309 g/mol. The number of rotatable bonds is 2. The number of halogens is 2. The van der Waals surface area contributed by atoms with Gasteiger partial charge in [-0.05, 0) is 12.1 Å². The Bertz CT molecular complexity index is 880. The highest BCUT2D eigenvalue weighted by Gasteiger charge is 2.17. The van der Waals surface area contributed by atoms with E-state index in [1.54, 1.807) is 6.07 Å². The number of nitriles is 1. The first kappa shape index (κ1) is 14.8. The summed E-state index contributed by atoms with van der Waals surface area (Å²) < 4.78 is 20.3. The highest BCUT2D eigenvalue weighted by atomic mass is 35.5. The normalized spacial score (nSPS) is 10.2. The lowest BCUT2D eigenvalue weighted by Gasteiger charge is -2.12. The van der Waals surface area contributed by atoms with Crippen LogP contribution in [0.2, 0.25) is 5.02 Å². The average Bonchev–Trinajstić information content (AvgIpc) is 2.46. The van der Waals surface area contributed by atoms with E-state index in [1.165, 1.54) is 26.2 Å². The first-order chi connectivity index (χ1) is 9.86. The van der Waals surface area contributed by atoms with Crippen LogP contribution in [0.15, 0.2) is 27.8 Å². The van der Waals surface area contributed by atoms with Gasteiger partial charge in [-0.1, -0.05) is 11.6 Å². The predicted molar refractivity (Wildman–Crippen MR) is 73.1 cm³/mol. The molecule has 0 bridgehead atoms. The van der Waals surface area contributed by atoms with Gasteiger partial charge in [0.2, 0.25) is 5.88 Å². The van der Waals surface area contributed by atoms with Gasteiger partial charge in [0.05, 0.1) is 5.02 Å². The maximum Gasteiger partial charge on any atom is 0.333 e. The van der Waals surface area contributed by atoms with Crippen molar-refractivity contribution in [1.82, 2.24) is 9.13 Å². The van der Waals surface area contributed by atoms with E-state index in [9.17, 15) is 14.0 Å². The molecule has 0 aliphatic heterocycles. The summed E-state index contributed by atoms with van der Waals surface area (Å²) in [5.74, 6) is -0.767. The zero-order valence-corrected chi connectivity index (χ0v) is 11.8. The van der Waals surface area contributed by atoms with E-state index in [0.717, 1.165) is 15.2 Å². The van der Waals surface area contributed by atoms with Gasteiger partial charge in [0.1, 0.15) is 17.6 Å². The molecule has 0 aliphatic carbocycles. The molecule has 0 spiro atoms. The maximum atomic E-state index is 13.1. The molecular weight excluding hydrogens is 301 g/mol. The average molecular weight is 310 g/mol. The van der Waals surface area contributed by atoms with Crippen molar-refractivity contribution in [2.75, 3.05) is 0 Å². The van der Waals surface area contributed by atoms with Crippen molar-refractivity contribution in [3.05, 3.63) is 55.4 Å². The fourth-order valence-electron chi connectivity index (χ4n) is 1.69. The van der Waals surface area contributed by atoms with E-state index in [-0.39, 0.29) is 22.2 Å². The smallest absolute Gasteiger partial charge is 0.333 e. The van der Waals surface area contributed by atoms with Gasteiger partial charge in [-0.15, -0.1) is 0 Å². The van der Waals surface area contributed by atoms with Crippen LogP contribution in [0, 0.1) is 17.1 Å². The van der Waals surface area contributed by atoms with Gasteiger partial charge >= 0.3 is 5.69 Å². The molecule has 21 heavy (non-hydrogen) atoms. The van der Waals surface area contributed by atoms with Crippen LogP contribution in [0.25, 0.3) is 0 Å². The maximum absolute atomic E-state index is 13.1. The highest BCUT2D eigenvalue weighted by molar-refractivity contribution is 6.30. The van der Waals surface area contributed by atoms with Crippen LogP contribution in [0.4, 0.5) is 4.39 Å². The Morgan fingerprint density at radius 1 is 1.29 bits per heavy atom. The van der Waals surface area contributed by atoms with Gasteiger partial charge in [0, 0.05) is 20.2 Å². The number of aromatic nitrogens is 2. The number of hydrogen-bond acceptors (Lipinski definition) is 4. The zero-order valence-electron chi connectivity index (χ0n) is 11.1. The second-order valence-corrected chi connectivity index (χ2v) is 4.58. The molecule has 1 heterocycles. The van der Waals surface area contributed by atoms with Crippen molar-refractivity contribution in [2.45, 2.75) is 0 Å². The van der Waals surface area contributed by atoms with E-state index >= 15 is 0 Å². The Balaban J connectivity index is 2.65. The van der Waals surface area contributed by atoms with Crippen LogP contribution in [-0.2, 0) is 14.1 Å². The van der Waals surface area contributed by atoms with Crippen LogP contribution in [0.3, 0.4) is 0 Å². The van der Waals surface area contributed by atoms with E-state index < -0.39 is 17.1 Å². The Morgan fingerprint density at radius 3 is 2.52 bits per heavy atom. The van der Waals surface area contributed by atoms with Crippen molar-refractivity contribution in [3.8, 4) is 17.7 Å². The van der Waals surface area contributed by atoms with Crippen molar-refractivity contribution < 1.29 is 9.13 Å². The second-order valence-electron chi connectivity index (χ2n) is 4.18. The van der Waals surface area contributed by atoms with Crippen LogP contribution in [-0.4, -0.2) is 9.13 Å². The fourth-order valence-corrected chi connectivity index (χ4v) is 1.86. The molecule has 0 atom stereocenters. The minimum Gasteiger partial charge on any atom is -0.439 e. The van der Waals surface area contributed by atoms with Crippen molar-refractivity contribution in [3.63, 3.8) is 0 Å². The molecule has 1 aromatic carbocycles. The molecule has 108 valence electrons. The van der Waals surface area contributed by atoms with Gasteiger partial charge in [-0.2, -0.15) is 5.26 Å². The minimum absolute atomic E-state index is 0.0983. The number of ether oxygens (including phenoxy) is 1. The number of benzene rings is 1. The van der Waals surface area contributed by atoms with Crippen LogP contribution in [0.1, 0.15) is 5.56 Å². The van der Waals surface area contributed by atoms with Gasteiger partial charge in [-0.3, -0.25) is 13.9 Å². The molecule has 0 N–H and O–H groups in total. The van der Waals surface area contributed by atoms with Crippen LogP contribution < -0.4 is 16.0 Å². The lowest BCUT2D eigenvalue weighted by atomic mass is 10.3. The molecule has 2 rings (SSSR count). The Morgan fingerprint density at radius 2 is 1.95 bits per heavy atom. The van der Waals surface area contributed by atoms with E-state index in [0.29, 0.717) is 0 Å².